The van der Waals surface area contributed by atoms with E-state index in [1.165, 1.54) is 24.3 Å². The van der Waals surface area contributed by atoms with Gasteiger partial charge < -0.3 is 9.84 Å². The number of hydrogen-bond donors (Lipinski definition) is 1. The van der Waals surface area contributed by atoms with E-state index in [1.54, 1.807) is 0 Å². The third kappa shape index (κ3) is 3.17. The maximum absolute atomic E-state index is 10.8. The Hall–Kier alpha value is -0.780. The standard InChI is InChI=1S/C8H9ClO4S/c9-14(11,12)8-3-1-7(2-4-8)13-6-5-10/h1-4,10H,5-6H2. The number of aliphatic hydroxyl groups is 1. The van der Waals surface area contributed by atoms with Crippen LogP contribution in [0.25, 0.3) is 0 Å². The van der Waals surface area contributed by atoms with Crippen LogP contribution in [0.15, 0.2) is 29.2 Å². The van der Waals surface area contributed by atoms with Gasteiger partial charge in [-0.05, 0) is 24.3 Å². The molecule has 6 heteroatoms. The molecule has 0 saturated heterocycles. The molecule has 0 amide bonds. The van der Waals surface area contributed by atoms with Crippen LogP contribution in [0, 0.1) is 0 Å². The number of aliphatic hydroxyl groups excluding tert-OH is 1. The Bertz CT molecular complexity index is 384. The summed E-state index contributed by atoms with van der Waals surface area (Å²) in [5, 5.41) is 8.47. The van der Waals surface area contributed by atoms with Crippen molar-refractivity contribution in [2.75, 3.05) is 13.2 Å². The lowest BCUT2D eigenvalue weighted by molar-refractivity contribution is 0.201. The first kappa shape index (κ1) is 11.3. The van der Waals surface area contributed by atoms with Crippen LogP contribution in [0.4, 0.5) is 0 Å². The molecule has 0 aliphatic heterocycles. The minimum atomic E-state index is -3.67. The smallest absolute Gasteiger partial charge is 0.261 e. The fourth-order valence-corrected chi connectivity index (χ4v) is 1.63. The number of rotatable bonds is 4. The van der Waals surface area contributed by atoms with Crippen molar-refractivity contribution in [3.8, 4) is 5.75 Å². The second kappa shape index (κ2) is 4.63. The summed E-state index contributed by atoms with van der Waals surface area (Å²) >= 11 is 0. The second-order valence-electron chi connectivity index (χ2n) is 2.48. The van der Waals surface area contributed by atoms with Gasteiger partial charge in [0.15, 0.2) is 0 Å². The molecule has 0 radical (unpaired) electrons. The van der Waals surface area contributed by atoms with E-state index in [0.29, 0.717) is 5.75 Å². The molecule has 4 nitrogen and oxygen atoms in total. The molecule has 1 aromatic carbocycles. The van der Waals surface area contributed by atoms with Crippen molar-refractivity contribution in [2.45, 2.75) is 4.90 Å². The normalized spacial score (nSPS) is 11.3. The number of ether oxygens (including phenoxy) is 1. The SMILES string of the molecule is O=S(=O)(Cl)c1ccc(OCCO)cc1. The van der Waals surface area contributed by atoms with Crippen molar-refractivity contribution in [2.24, 2.45) is 0 Å². The van der Waals surface area contributed by atoms with E-state index < -0.39 is 9.05 Å². The van der Waals surface area contributed by atoms with Crippen molar-refractivity contribution in [3.63, 3.8) is 0 Å². The van der Waals surface area contributed by atoms with Gasteiger partial charge in [0.25, 0.3) is 9.05 Å². The molecular weight excluding hydrogens is 228 g/mol. The van der Waals surface area contributed by atoms with Crippen LogP contribution in [0.1, 0.15) is 0 Å². The third-order valence-corrected chi connectivity index (χ3v) is 2.84. The molecule has 0 aliphatic rings. The van der Waals surface area contributed by atoms with Gasteiger partial charge in [-0.1, -0.05) is 0 Å². The molecular formula is C8H9ClO4S. The van der Waals surface area contributed by atoms with Gasteiger partial charge in [-0.3, -0.25) is 0 Å². The highest BCUT2D eigenvalue weighted by molar-refractivity contribution is 8.13. The molecule has 0 spiro atoms. The lowest BCUT2D eigenvalue weighted by Crippen LogP contribution is -2.01. The zero-order valence-corrected chi connectivity index (χ0v) is 8.75. The summed E-state index contributed by atoms with van der Waals surface area (Å²) in [6.07, 6.45) is 0. The molecule has 0 aromatic heterocycles. The van der Waals surface area contributed by atoms with Crippen LogP contribution in [-0.4, -0.2) is 26.7 Å². The molecule has 0 atom stereocenters. The van der Waals surface area contributed by atoms with Crippen molar-refractivity contribution in [1.82, 2.24) is 0 Å². The highest BCUT2D eigenvalue weighted by atomic mass is 35.7. The zero-order valence-electron chi connectivity index (χ0n) is 7.18. The molecule has 0 unspecified atom stereocenters. The maximum Gasteiger partial charge on any atom is 0.261 e. The van der Waals surface area contributed by atoms with E-state index in [1.807, 2.05) is 0 Å². The minimum Gasteiger partial charge on any atom is -0.491 e. The molecule has 0 bridgehead atoms. The predicted molar refractivity (Wildman–Crippen MR) is 52.1 cm³/mol. The van der Waals surface area contributed by atoms with E-state index in [-0.39, 0.29) is 18.1 Å². The van der Waals surface area contributed by atoms with Gasteiger partial charge in [0.05, 0.1) is 11.5 Å². The van der Waals surface area contributed by atoms with Crippen molar-refractivity contribution >= 4 is 19.7 Å². The van der Waals surface area contributed by atoms with Crippen LogP contribution in [-0.2, 0) is 9.05 Å². The fourth-order valence-electron chi connectivity index (χ4n) is 0.862. The number of hydrogen-bond acceptors (Lipinski definition) is 4. The van der Waals surface area contributed by atoms with Crippen LogP contribution < -0.4 is 4.74 Å². The molecule has 0 heterocycles. The third-order valence-electron chi connectivity index (χ3n) is 1.47. The van der Waals surface area contributed by atoms with Crippen molar-refractivity contribution in [3.05, 3.63) is 24.3 Å². The molecule has 1 N–H and O–H groups in total. The first-order valence-electron chi connectivity index (χ1n) is 3.82. The van der Waals surface area contributed by atoms with E-state index >= 15 is 0 Å². The summed E-state index contributed by atoms with van der Waals surface area (Å²) in [5.41, 5.74) is 0. The molecule has 0 aliphatic carbocycles. The minimum absolute atomic E-state index is 0.0236. The Labute approximate surface area is 86.5 Å². The number of halogens is 1. The number of benzene rings is 1. The van der Waals surface area contributed by atoms with E-state index in [9.17, 15) is 8.42 Å². The summed E-state index contributed by atoms with van der Waals surface area (Å²) in [4.78, 5) is 0.0236. The van der Waals surface area contributed by atoms with Crippen molar-refractivity contribution in [1.29, 1.82) is 0 Å². The Morgan fingerprint density at radius 2 is 1.86 bits per heavy atom. The summed E-state index contributed by atoms with van der Waals surface area (Å²) in [6.45, 7) is 0.0858. The van der Waals surface area contributed by atoms with Gasteiger partial charge in [0.1, 0.15) is 12.4 Å². The van der Waals surface area contributed by atoms with Crippen LogP contribution in [0.5, 0.6) is 5.75 Å². The van der Waals surface area contributed by atoms with Crippen LogP contribution in [0.3, 0.4) is 0 Å². The monoisotopic (exact) mass is 236 g/mol. The Morgan fingerprint density at radius 1 is 1.29 bits per heavy atom. The fraction of sp³-hybridized carbons (Fsp3) is 0.250. The predicted octanol–water partition coefficient (Wildman–Crippen LogP) is 0.985. The highest BCUT2D eigenvalue weighted by Crippen LogP contribution is 2.18. The van der Waals surface area contributed by atoms with Crippen molar-refractivity contribution < 1.29 is 18.3 Å². The first-order valence-corrected chi connectivity index (χ1v) is 6.13. The lowest BCUT2D eigenvalue weighted by atomic mass is 10.3. The van der Waals surface area contributed by atoms with Gasteiger partial charge >= 0.3 is 0 Å². The van der Waals surface area contributed by atoms with Crippen LogP contribution >= 0.6 is 10.7 Å². The average Bonchev–Trinajstić information content (AvgIpc) is 2.14. The molecule has 78 valence electrons. The average molecular weight is 237 g/mol. The molecule has 14 heavy (non-hydrogen) atoms. The molecule has 0 saturated carbocycles. The lowest BCUT2D eigenvalue weighted by Gasteiger charge is -2.03. The van der Waals surface area contributed by atoms with E-state index in [4.69, 9.17) is 20.5 Å². The van der Waals surface area contributed by atoms with Crippen LogP contribution in [0.2, 0.25) is 0 Å². The maximum atomic E-state index is 10.8. The quantitative estimate of drug-likeness (QED) is 0.792. The molecule has 0 fully saturated rings. The van der Waals surface area contributed by atoms with Gasteiger partial charge in [-0.25, -0.2) is 8.42 Å². The highest BCUT2D eigenvalue weighted by Gasteiger charge is 2.08. The zero-order chi connectivity index (χ0) is 10.6. The Kier molecular flexibility index (Phi) is 3.74. The summed E-state index contributed by atoms with van der Waals surface area (Å²) in [5.74, 6) is 0.489. The first-order chi connectivity index (χ1) is 6.54. The Morgan fingerprint density at radius 3 is 2.29 bits per heavy atom. The van der Waals surface area contributed by atoms with Gasteiger partial charge in [-0.15, -0.1) is 0 Å². The summed E-state index contributed by atoms with van der Waals surface area (Å²) in [7, 11) is 1.43. The van der Waals surface area contributed by atoms with Gasteiger partial charge in [0.2, 0.25) is 0 Å². The second-order valence-corrected chi connectivity index (χ2v) is 5.05. The largest absolute Gasteiger partial charge is 0.491 e. The summed E-state index contributed by atoms with van der Waals surface area (Å²) in [6, 6.07) is 5.64. The topological polar surface area (TPSA) is 63.6 Å². The van der Waals surface area contributed by atoms with Gasteiger partial charge in [-0.2, -0.15) is 0 Å². The Balaban J connectivity index is 2.79. The van der Waals surface area contributed by atoms with E-state index in [0.717, 1.165) is 0 Å². The molecule has 1 aromatic rings. The summed E-state index contributed by atoms with van der Waals surface area (Å²) < 4.78 is 26.7. The van der Waals surface area contributed by atoms with E-state index in [2.05, 4.69) is 0 Å². The van der Waals surface area contributed by atoms with Gasteiger partial charge in [0, 0.05) is 10.7 Å². The molecule has 1 rings (SSSR count).